The van der Waals surface area contributed by atoms with E-state index in [0.29, 0.717) is 17.1 Å². The summed E-state index contributed by atoms with van der Waals surface area (Å²) in [4.78, 5) is 12.0. The second-order valence-corrected chi connectivity index (χ2v) is 5.44. The van der Waals surface area contributed by atoms with Crippen LogP contribution in [0.3, 0.4) is 0 Å². The quantitative estimate of drug-likeness (QED) is 0.530. The molecule has 118 valence electrons. The van der Waals surface area contributed by atoms with Crippen LogP contribution in [0, 0.1) is 0 Å². The van der Waals surface area contributed by atoms with E-state index in [0.717, 1.165) is 22.1 Å². The maximum atomic E-state index is 12.0. The molecular weight excluding hydrogens is 304 g/mol. The molecule has 0 saturated carbocycles. The molecule has 0 bridgehead atoms. The molecule has 4 rings (SSSR count). The number of hydrogen-bond donors (Lipinski definition) is 0. The molecule has 2 aromatic carbocycles. The Labute approximate surface area is 138 Å². The first-order valence-corrected chi connectivity index (χ1v) is 7.50. The van der Waals surface area contributed by atoms with Crippen molar-refractivity contribution in [2.75, 3.05) is 7.11 Å². The molecule has 0 saturated heterocycles. The summed E-state index contributed by atoms with van der Waals surface area (Å²) in [6, 6.07) is 15.3. The number of furan rings is 1. The van der Waals surface area contributed by atoms with E-state index in [2.05, 4.69) is 0 Å². The first kappa shape index (κ1) is 14.3. The highest BCUT2D eigenvalue weighted by atomic mass is 16.5. The number of rotatable bonds is 3. The van der Waals surface area contributed by atoms with E-state index in [1.54, 1.807) is 37.7 Å². The number of hydrogen-bond acceptors (Lipinski definition) is 4. The van der Waals surface area contributed by atoms with E-state index in [-0.39, 0.29) is 5.97 Å². The van der Waals surface area contributed by atoms with Gasteiger partial charge in [0, 0.05) is 5.56 Å². The molecule has 1 aliphatic heterocycles. The van der Waals surface area contributed by atoms with Crippen molar-refractivity contribution in [3.63, 3.8) is 0 Å². The predicted molar refractivity (Wildman–Crippen MR) is 91.3 cm³/mol. The molecule has 0 N–H and O–H groups in total. The first-order chi connectivity index (χ1) is 11.7. The Morgan fingerprint density at radius 3 is 2.67 bits per heavy atom. The van der Waals surface area contributed by atoms with Crippen LogP contribution in [0.15, 0.2) is 70.9 Å². The summed E-state index contributed by atoms with van der Waals surface area (Å²) in [5.74, 6) is 1.59. The van der Waals surface area contributed by atoms with E-state index in [1.807, 2.05) is 36.4 Å². The first-order valence-electron chi connectivity index (χ1n) is 7.50. The van der Waals surface area contributed by atoms with Gasteiger partial charge in [0.2, 0.25) is 0 Å². The van der Waals surface area contributed by atoms with Crippen molar-refractivity contribution < 1.29 is 18.7 Å². The summed E-state index contributed by atoms with van der Waals surface area (Å²) in [6.07, 6.45) is 4.96. The van der Waals surface area contributed by atoms with E-state index in [9.17, 15) is 4.79 Å². The monoisotopic (exact) mass is 318 g/mol. The molecule has 4 nitrogen and oxygen atoms in total. The minimum absolute atomic E-state index is 0.378. The fourth-order valence-electron chi connectivity index (χ4n) is 2.66. The zero-order valence-electron chi connectivity index (χ0n) is 13.0. The average molecular weight is 318 g/mol. The lowest BCUT2D eigenvalue weighted by Crippen LogP contribution is -1.97. The molecule has 0 spiro atoms. The highest BCUT2D eigenvalue weighted by Gasteiger charge is 2.22. The van der Waals surface area contributed by atoms with Crippen LogP contribution >= 0.6 is 0 Å². The number of carbonyl (C=O) groups is 1. The normalized spacial score (nSPS) is 15.6. The van der Waals surface area contributed by atoms with Crippen LogP contribution in [0.25, 0.3) is 22.6 Å². The van der Waals surface area contributed by atoms with Crippen LogP contribution in [0.5, 0.6) is 5.75 Å². The number of fused-ring (bicyclic) bond motifs is 1. The zero-order valence-corrected chi connectivity index (χ0v) is 13.0. The largest absolute Gasteiger partial charge is 0.497 e. The number of methoxy groups -OCH3 is 1. The topological polar surface area (TPSA) is 48.7 Å². The molecule has 1 aromatic heterocycles. The summed E-state index contributed by atoms with van der Waals surface area (Å²) >= 11 is 0. The van der Waals surface area contributed by atoms with Crippen LogP contribution < -0.4 is 4.74 Å². The highest BCUT2D eigenvalue weighted by Crippen LogP contribution is 2.30. The van der Waals surface area contributed by atoms with Crippen LogP contribution in [-0.2, 0) is 9.53 Å². The lowest BCUT2D eigenvalue weighted by Gasteiger charge is -2.06. The Morgan fingerprint density at radius 1 is 1.04 bits per heavy atom. The maximum absolute atomic E-state index is 12.0. The van der Waals surface area contributed by atoms with E-state index in [4.69, 9.17) is 13.9 Å². The number of esters is 1. The van der Waals surface area contributed by atoms with Crippen molar-refractivity contribution >= 4 is 28.6 Å². The molecule has 0 amide bonds. The molecule has 0 aliphatic carbocycles. The summed E-state index contributed by atoms with van der Waals surface area (Å²) in [7, 11) is 1.64. The molecule has 1 aliphatic rings. The number of cyclic esters (lactones) is 1. The third-order valence-corrected chi connectivity index (χ3v) is 3.90. The maximum Gasteiger partial charge on any atom is 0.343 e. The molecular formula is C20H14O4. The van der Waals surface area contributed by atoms with Gasteiger partial charge in [0.25, 0.3) is 0 Å². The molecule has 0 fully saturated rings. The summed E-state index contributed by atoms with van der Waals surface area (Å²) in [6.45, 7) is 0. The van der Waals surface area contributed by atoms with Crippen LogP contribution in [0.4, 0.5) is 0 Å². The lowest BCUT2D eigenvalue weighted by molar-refractivity contribution is -0.130. The predicted octanol–water partition coefficient (Wildman–Crippen LogP) is 4.42. The molecule has 24 heavy (non-hydrogen) atoms. The molecule has 0 radical (unpaired) electrons. The lowest BCUT2D eigenvalue weighted by atomic mass is 10.0. The van der Waals surface area contributed by atoms with E-state index in [1.165, 1.54) is 0 Å². The number of ether oxygens (including phenoxy) is 2. The zero-order chi connectivity index (χ0) is 16.5. The SMILES string of the molecule is COc1ccc2cc(C3=C/C(=C/c4ccco4)C(=O)O3)ccc2c1. The van der Waals surface area contributed by atoms with Crippen molar-refractivity contribution in [2.24, 2.45) is 0 Å². The summed E-state index contributed by atoms with van der Waals surface area (Å²) in [5.41, 5.74) is 1.32. The Hall–Kier alpha value is -3.27. The second-order valence-electron chi connectivity index (χ2n) is 5.44. The minimum Gasteiger partial charge on any atom is -0.497 e. The van der Waals surface area contributed by atoms with Crippen molar-refractivity contribution in [3.05, 3.63) is 77.8 Å². The van der Waals surface area contributed by atoms with Gasteiger partial charge in [-0.2, -0.15) is 0 Å². The van der Waals surface area contributed by atoms with Crippen LogP contribution in [0.2, 0.25) is 0 Å². The van der Waals surface area contributed by atoms with E-state index < -0.39 is 0 Å². The van der Waals surface area contributed by atoms with Gasteiger partial charge in [0.15, 0.2) is 0 Å². The second kappa shape index (κ2) is 5.74. The highest BCUT2D eigenvalue weighted by molar-refractivity contribution is 6.05. The van der Waals surface area contributed by atoms with Gasteiger partial charge in [-0.05, 0) is 53.3 Å². The van der Waals surface area contributed by atoms with Gasteiger partial charge >= 0.3 is 5.97 Å². The number of benzene rings is 2. The van der Waals surface area contributed by atoms with E-state index >= 15 is 0 Å². The van der Waals surface area contributed by atoms with Crippen LogP contribution in [0.1, 0.15) is 11.3 Å². The van der Waals surface area contributed by atoms with Gasteiger partial charge in [-0.15, -0.1) is 0 Å². The van der Waals surface area contributed by atoms with Crippen LogP contribution in [-0.4, -0.2) is 13.1 Å². The van der Waals surface area contributed by atoms with Gasteiger partial charge in [0.1, 0.15) is 17.3 Å². The summed E-state index contributed by atoms with van der Waals surface area (Å²) < 4.78 is 15.9. The van der Waals surface area contributed by atoms with Crippen molar-refractivity contribution in [3.8, 4) is 5.75 Å². The Morgan fingerprint density at radius 2 is 1.88 bits per heavy atom. The smallest absolute Gasteiger partial charge is 0.343 e. The molecule has 0 atom stereocenters. The third kappa shape index (κ3) is 2.58. The standard InChI is InChI=1S/C20H14O4/c1-22-17-7-6-13-9-15(5-4-14(13)10-17)19-12-16(20(21)24-19)11-18-3-2-8-23-18/h2-12H,1H3/b16-11-. The fraction of sp³-hybridized carbons (Fsp3) is 0.0500. The molecule has 0 unspecified atom stereocenters. The van der Waals surface area contributed by atoms with Crippen molar-refractivity contribution in [1.29, 1.82) is 0 Å². The van der Waals surface area contributed by atoms with Crippen molar-refractivity contribution in [1.82, 2.24) is 0 Å². The average Bonchev–Trinajstić information content (AvgIpc) is 3.24. The van der Waals surface area contributed by atoms with Gasteiger partial charge < -0.3 is 13.9 Å². The molecule has 4 heteroatoms. The van der Waals surface area contributed by atoms with Gasteiger partial charge in [-0.3, -0.25) is 0 Å². The fourth-order valence-corrected chi connectivity index (χ4v) is 2.66. The van der Waals surface area contributed by atoms with Crippen molar-refractivity contribution in [2.45, 2.75) is 0 Å². The Kier molecular flexibility index (Phi) is 3.43. The molecule has 2 heterocycles. The molecule has 3 aromatic rings. The minimum atomic E-state index is -0.378. The number of carbonyl (C=O) groups excluding carboxylic acids is 1. The van der Waals surface area contributed by atoms with Gasteiger partial charge in [-0.25, -0.2) is 4.79 Å². The van der Waals surface area contributed by atoms with Gasteiger partial charge in [-0.1, -0.05) is 18.2 Å². The van der Waals surface area contributed by atoms with Gasteiger partial charge in [0.05, 0.1) is 18.9 Å². The Bertz CT molecular complexity index is 978. The summed E-state index contributed by atoms with van der Waals surface area (Å²) in [5, 5.41) is 2.11. The Balaban J connectivity index is 1.71. The third-order valence-electron chi connectivity index (χ3n) is 3.90.